The molecular formula is C28H29Cl2N3O3S. The first-order chi connectivity index (χ1) is 17.5. The smallest absolute Gasteiger partial charge is 0.260 e. The lowest BCUT2D eigenvalue weighted by Gasteiger charge is -2.24. The standard InChI is InChI=1S/C28H28ClN3O3S.ClH/c1-4-31(5-2)17-18-32(28-30-24-23(35-3)16-15-22(29)26(24)36-28)27(34)21-13-11-20(12-14-21)25(33)19-9-7-6-8-10-19;/h6-16H,4-5,17-18H2,1-3H3;1H. The van der Waals surface area contributed by atoms with Gasteiger partial charge in [-0.25, -0.2) is 4.98 Å². The van der Waals surface area contributed by atoms with E-state index in [1.807, 2.05) is 18.2 Å². The Morgan fingerprint density at radius 1 is 0.892 bits per heavy atom. The normalized spacial score (nSPS) is 10.8. The lowest BCUT2D eigenvalue weighted by molar-refractivity contribution is 0.0981. The minimum atomic E-state index is -0.185. The predicted octanol–water partition coefficient (Wildman–Crippen LogP) is 6.60. The predicted molar refractivity (Wildman–Crippen MR) is 154 cm³/mol. The topological polar surface area (TPSA) is 62.7 Å². The maximum atomic E-state index is 13.7. The first-order valence-corrected chi connectivity index (χ1v) is 13.0. The number of methoxy groups -OCH3 is 1. The average molecular weight is 559 g/mol. The number of rotatable bonds is 10. The van der Waals surface area contributed by atoms with E-state index in [0.29, 0.717) is 51.2 Å². The van der Waals surface area contributed by atoms with Crippen LogP contribution in [0.15, 0.2) is 66.7 Å². The SMILES string of the molecule is CCN(CC)CCN(C(=O)c1ccc(C(=O)c2ccccc2)cc1)c1nc2c(OC)ccc(Cl)c2s1.Cl. The summed E-state index contributed by atoms with van der Waals surface area (Å²) in [7, 11) is 1.59. The highest BCUT2D eigenvalue weighted by Gasteiger charge is 2.24. The van der Waals surface area contributed by atoms with Crippen molar-refractivity contribution in [2.75, 3.05) is 38.2 Å². The van der Waals surface area contributed by atoms with Crippen molar-refractivity contribution in [3.63, 3.8) is 0 Å². The lowest BCUT2D eigenvalue weighted by Crippen LogP contribution is -2.38. The van der Waals surface area contributed by atoms with Gasteiger partial charge in [0.15, 0.2) is 10.9 Å². The van der Waals surface area contributed by atoms with Gasteiger partial charge in [-0.15, -0.1) is 12.4 Å². The van der Waals surface area contributed by atoms with Crippen LogP contribution in [0, 0.1) is 0 Å². The minimum absolute atomic E-state index is 0. The van der Waals surface area contributed by atoms with E-state index in [0.717, 1.165) is 17.8 Å². The number of halogens is 2. The van der Waals surface area contributed by atoms with Crippen molar-refractivity contribution in [1.82, 2.24) is 9.88 Å². The second kappa shape index (κ2) is 13.0. The van der Waals surface area contributed by atoms with Gasteiger partial charge in [-0.05, 0) is 37.4 Å². The Labute approximate surface area is 232 Å². The van der Waals surface area contributed by atoms with Crippen LogP contribution < -0.4 is 9.64 Å². The van der Waals surface area contributed by atoms with Crippen molar-refractivity contribution < 1.29 is 14.3 Å². The summed E-state index contributed by atoms with van der Waals surface area (Å²) < 4.78 is 6.24. The number of thiazole rings is 1. The fraction of sp³-hybridized carbons (Fsp3) is 0.250. The van der Waals surface area contributed by atoms with Gasteiger partial charge in [-0.2, -0.15) is 0 Å². The molecule has 0 aliphatic heterocycles. The second-order valence-corrected chi connectivity index (χ2v) is 9.56. The first kappa shape index (κ1) is 28.6. The van der Waals surface area contributed by atoms with E-state index in [1.54, 1.807) is 60.5 Å². The molecule has 4 aromatic rings. The maximum Gasteiger partial charge on any atom is 0.260 e. The molecule has 0 spiro atoms. The summed E-state index contributed by atoms with van der Waals surface area (Å²) in [6.45, 7) is 7.12. The number of amides is 1. The molecule has 37 heavy (non-hydrogen) atoms. The maximum absolute atomic E-state index is 13.7. The Kier molecular flexibility index (Phi) is 10.1. The minimum Gasteiger partial charge on any atom is -0.494 e. The van der Waals surface area contributed by atoms with Gasteiger partial charge in [0, 0.05) is 29.8 Å². The molecule has 1 aromatic heterocycles. The number of carbonyl (C=O) groups excluding carboxylic acids is 2. The van der Waals surface area contributed by atoms with E-state index in [1.165, 1.54) is 11.3 Å². The van der Waals surface area contributed by atoms with Gasteiger partial charge in [0.2, 0.25) is 0 Å². The van der Waals surface area contributed by atoms with Gasteiger partial charge in [0.05, 0.1) is 16.8 Å². The zero-order valence-electron chi connectivity index (χ0n) is 20.9. The Hall–Kier alpha value is -2.97. The van der Waals surface area contributed by atoms with Gasteiger partial charge >= 0.3 is 0 Å². The average Bonchev–Trinajstić information content (AvgIpc) is 3.37. The zero-order valence-corrected chi connectivity index (χ0v) is 23.3. The molecule has 6 nitrogen and oxygen atoms in total. The van der Waals surface area contributed by atoms with Crippen LogP contribution in [-0.2, 0) is 0 Å². The summed E-state index contributed by atoms with van der Waals surface area (Å²) in [6, 6.07) is 19.4. The number of nitrogens with zero attached hydrogens (tertiary/aromatic N) is 3. The van der Waals surface area contributed by atoms with E-state index in [4.69, 9.17) is 21.3 Å². The highest BCUT2D eigenvalue weighted by molar-refractivity contribution is 7.23. The number of carbonyl (C=O) groups is 2. The highest BCUT2D eigenvalue weighted by atomic mass is 35.5. The van der Waals surface area contributed by atoms with Crippen LogP contribution >= 0.6 is 35.3 Å². The number of hydrogen-bond donors (Lipinski definition) is 0. The lowest BCUT2D eigenvalue weighted by atomic mass is 10.0. The number of aromatic nitrogens is 1. The highest BCUT2D eigenvalue weighted by Crippen LogP contribution is 2.39. The second-order valence-electron chi connectivity index (χ2n) is 8.18. The van der Waals surface area contributed by atoms with Crippen molar-refractivity contribution in [2.24, 2.45) is 0 Å². The third-order valence-corrected chi connectivity index (χ3v) is 7.65. The molecule has 0 atom stereocenters. The molecule has 3 aromatic carbocycles. The van der Waals surface area contributed by atoms with Crippen LogP contribution in [0.3, 0.4) is 0 Å². The monoisotopic (exact) mass is 557 g/mol. The number of anilines is 1. The molecule has 0 N–H and O–H groups in total. The summed E-state index contributed by atoms with van der Waals surface area (Å²) in [5, 5.41) is 1.12. The van der Waals surface area contributed by atoms with Crippen LogP contribution in [0.2, 0.25) is 5.02 Å². The molecule has 0 unspecified atom stereocenters. The Morgan fingerprint density at radius 2 is 1.51 bits per heavy atom. The summed E-state index contributed by atoms with van der Waals surface area (Å²) in [6.07, 6.45) is 0. The van der Waals surface area contributed by atoms with Gasteiger partial charge in [0.25, 0.3) is 5.91 Å². The molecule has 1 heterocycles. The Balaban J connectivity index is 0.00000380. The van der Waals surface area contributed by atoms with Crippen LogP contribution in [0.4, 0.5) is 5.13 Å². The van der Waals surface area contributed by atoms with E-state index in [-0.39, 0.29) is 24.1 Å². The van der Waals surface area contributed by atoms with Crippen LogP contribution in [-0.4, -0.2) is 54.9 Å². The number of benzene rings is 3. The fourth-order valence-electron chi connectivity index (χ4n) is 3.96. The summed E-state index contributed by atoms with van der Waals surface area (Å²) in [5.74, 6) is 0.340. The molecule has 0 saturated heterocycles. The van der Waals surface area contributed by atoms with E-state index < -0.39 is 0 Å². The first-order valence-electron chi connectivity index (χ1n) is 11.8. The summed E-state index contributed by atoms with van der Waals surface area (Å²) >= 11 is 7.81. The Morgan fingerprint density at radius 3 is 2.14 bits per heavy atom. The van der Waals surface area contributed by atoms with Crippen molar-refractivity contribution in [3.8, 4) is 5.75 Å². The molecule has 4 rings (SSSR count). The number of hydrogen-bond acceptors (Lipinski definition) is 6. The Bertz CT molecular complexity index is 1360. The molecule has 0 fully saturated rings. The van der Waals surface area contributed by atoms with Crippen molar-refractivity contribution in [2.45, 2.75) is 13.8 Å². The summed E-state index contributed by atoms with van der Waals surface area (Å²) in [4.78, 5) is 35.2. The molecule has 0 radical (unpaired) electrons. The zero-order chi connectivity index (χ0) is 25.7. The quantitative estimate of drug-likeness (QED) is 0.205. The molecule has 0 saturated carbocycles. The molecule has 0 aliphatic carbocycles. The van der Waals surface area contributed by atoms with Gasteiger partial charge in [-0.1, -0.05) is 79.2 Å². The van der Waals surface area contributed by atoms with Crippen LogP contribution in [0.25, 0.3) is 10.2 Å². The van der Waals surface area contributed by atoms with Crippen molar-refractivity contribution >= 4 is 62.4 Å². The third-order valence-electron chi connectivity index (χ3n) is 6.11. The number of fused-ring (bicyclic) bond motifs is 1. The molecular weight excluding hydrogens is 529 g/mol. The molecule has 9 heteroatoms. The third kappa shape index (κ3) is 6.30. The number of ketones is 1. The van der Waals surface area contributed by atoms with Crippen LogP contribution in [0.5, 0.6) is 5.75 Å². The van der Waals surface area contributed by atoms with Crippen molar-refractivity contribution in [1.29, 1.82) is 0 Å². The molecule has 0 bridgehead atoms. The van der Waals surface area contributed by atoms with Gasteiger partial charge < -0.3 is 9.64 Å². The molecule has 0 aliphatic rings. The van der Waals surface area contributed by atoms with Gasteiger partial charge in [-0.3, -0.25) is 14.5 Å². The van der Waals surface area contributed by atoms with E-state index >= 15 is 0 Å². The van der Waals surface area contributed by atoms with Crippen LogP contribution in [0.1, 0.15) is 40.1 Å². The largest absolute Gasteiger partial charge is 0.494 e. The fourth-order valence-corrected chi connectivity index (χ4v) is 5.24. The van der Waals surface area contributed by atoms with Crippen molar-refractivity contribution in [3.05, 3.63) is 88.4 Å². The van der Waals surface area contributed by atoms with E-state index in [9.17, 15) is 9.59 Å². The number of ether oxygens (including phenoxy) is 1. The van der Waals surface area contributed by atoms with E-state index in [2.05, 4.69) is 18.7 Å². The summed E-state index contributed by atoms with van der Waals surface area (Å²) in [5.41, 5.74) is 2.26. The molecule has 1 amide bonds. The number of likely N-dealkylation sites (N-methyl/N-ethyl adjacent to an activating group) is 1. The van der Waals surface area contributed by atoms with Gasteiger partial charge in [0.1, 0.15) is 11.3 Å². The molecule has 194 valence electrons.